The number of nitrogens with zero attached hydrogens (tertiary/aromatic N) is 11. The van der Waals surface area contributed by atoms with E-state index in [2.05, 4.69) is 60.8 Å². The fraction of sp³-hybridized carbons (Fsp3) is 0.0667. The second kappa shape index (κ2) is 15.3. The molecule has 225 valence electrons. The number of nitriles is 2. The fourth-order valence-electron chi connectivity index (χ4n) is 4.02. The molecule has 0 aliphatic heterocycles. The first-order valence-corrected chi connectivity index (χ1v) is 14.3. The monoisotopic (exact) mass is 690 g/mol. The maximum absolute atomic E-state index is 12.5. The van der Waals surface area contributed by atoms with Crippen LogP contribution in [0.5, 0.6) is 0 Å². The number of carbonyl (C=O) groups is 2. The van der Waals surface area contributed by atoms with E-state index in [1.54, 1.807) is 78.2 Å². The molecule has 16 heteroatoms. The Balaban J connectivity index is 0.000000193. The van der Waals surface area contributed by atoms with E-state index in [4.69, 9.17) is 10.5 Å². The summed E-state index contributed by atoms with van der Waals surface area (Å²) in [6.07, 6.45) is 9.75. The van der Waals surface area contributed by atoms with Crippen molar-refractivity contribution < 1.29 is 9.59 Å². The van der Waals surface area contributed by atoms with Gasteiger partial charge in [0.05, 0.1) is 32.8 Å². The quantitative estimate of drug-likeness (QED) is 0.206. The summed E-state index contributed by atoms with van der Waals surface area (Å²) >= 11 is 6.61. The van der Waals surface area contributed by atoms with Crippen molar-refractivity contribution in [3.63, 3.8) is 0 Å². The number of rotatable bonds is 4. The summed E-state index contributed by atoms with van der Waals surface area (Å²) in [6, 6.07) is 19.4. The van der Waals surface area contributed by atoms with E-state index in [0.717, 1.165) is 26.9 Å². The molecule has 0 bridgehead atoms. The summed E-state index contributed by atoms with van der Waals surface area (Å²) in [5.41, 5.74) is 4.67. The molecule has 6 aromatic heterocycles. The zero-order chi connectivity index (χ0) is 33.2. The molecule has 0 fully saturated rings. The molecule has 1 radical (unpaired) electrons. The van der Waals surface area contributed by atoms with Gasteiger partial charge in [0.15, 0.2) is 0 Å². The van der Waals surface area contributed by atoms with Crippen molar-refractivity contribution in [3.05, 3.63) is 119 Å². The van der Waals surface area contributed by atoms with Gasteiger partial charge in [0.25, 0.3) is 11.8 Å². The number of thiol groups is 1. The average Bonchev–Trinajstić information content (AvgIpc) is 3.73. The van der Waals surface area contributed by atoms with Crippen LogP contribution in [0.4, 0.5) is 11.4 Å². The molecule has 0 saturated carbocycles. The number of aromatic nitrogens is 6. The molecule has 0 N–H and O–H groups in total. The summed E-state index contributed by atoms with van der Waals surface area (Å²) in [4.78, 5) is 35.9. The molecule has 6 rings (SSSR count). The zero-order valence-electron chi connectivity index (χ0n) is 24.3. The van der Waals surface area contributed by atoms with Crippen LogP contribution in [0.2, 0.25) is 0 Å². The van der Waals surface area contributed by atoms with Crippen molar-refractivity contribution in [2.75, 3.05) is 23.9 Å². The molecule has 0 aliphatic carbocycles. The molecule has 0 aliphatic rings. The summed E-state index contributed by atoms with van der Waals surface area (Å²) in [6.45, 7) is 0. The zero-order valence-corrected chi connectivity index (χ0v) is 26.8. The summed E-state index contributed by atoms with van der Waals surface area (Å²) < 4.78 is 6.99. The molecule has 0 aromatic carbocycles. The van der Waals surface area contributed by atoms with Crippen LogP contribution in [0.15, 0.2) is 101 Å². The Morgan fingerprint density at radius 3 is 1.85 bits per heavy atom. The van der Waals surface area contributed by atoms with Crippen molar-refractivity contribution >= 4 is 70.6 Å². The molecule has 6 aromatic rings. The van der Waals surface area contributed by atoms with Gasteiger partial charge in [0.2, 0.25) is 0 Å². The second-order valence-corrected chi connectivity index (χ2v) is 10.3. The summed E-state index contributed by atoms with van der Waals surface area (Å²) in [5.74, 6) is -0.479. The predicted molar refractivity (Wildman–Crippen MR) is 179 cm³/mol. The van der Waals surface area contributed by atoms with Crippen LogP contribution in [0, 0.1) is 22.7 Å². The average molecular weight is 691 g/mol. The van der Waals surface area contributed by atoms with Crippen LogP contribution in [-0.2, 0) is 0 Å². The van der Waals surface area contributed by atoms with Crippen LogP contribution in [0.1, 0.15) is 32.1 Å². The fourth-order valence-corrected chi connectivity index (χ4v) is 4.41. The number of carbonyl (C=O) groups excluding carboxylic acids is 2. The van der Waals surface area contributed by atoms with Gasteiger partial charge in [-0.25, -0.2) is 19.0 Å². The van der Waals surface area contributed by atoms with Gasteiger partial charge < -0.3 is 9.80 Å². The van der Waals surface area contributed by atoms with Gasteiger partial charge in [-0.15, -0.1) is 0 Å². The van der Waals surface area contributed by atoms with E-state index in [1.807, 2.05) is 36.4 Å². The van der Waals surface area contributed by atoms with E-state index < -0.39 is 0 Å². The topological polar surface area (TPSA) is 161 Å². The van der Waals surface area contributed by atoms with Gasteiger partial charge in [0, 0.05) is 56.5 Å². The Labute approximate surface area is 278 Å². The van der Waals surface area contributed by atoms with E-state index in [-0.39, 0.29) is 17.5 Å². The van der Waals surface area contributed by atoms with Crippen molar-refractivity contribution in [3.8, 4) is 12.1 Å². The Morgan fingerprint density at radius 2 is 1.35 bits per heavy atom. The van der Waals surface area contributed by atoms with E-state index in [9.17, 15) is 9.59 Å². The van der Waals surface area contributed by atoms with Gasteiger partial charge in [-0.3, -0.25) is 9.59 Å². The van der Waals surface area contributed by atoms with E-state index in [0.29, 0.717) is 16.8 Å². The number of anilines is 2. The Bertz CT molecular complexity index is 2100. The minimum absolute atomic E-state index is 0.233. The third-order valence-corrected chi connectivity index (χ3v) is 7.06. The molecular formula is C30H22BBrN11O2S. The van der Waals surface area contributed by atoms with Crippen LogP contribution >= 0.6 is 28.7 Å². The second-order valence-electron chi connectivity index (χ2n) is 9.22. The van der Waals surface area contributed by atoms with E-state index in [1.165, 1.54) is 22.2 Å². The molecular weight excluding hydrogens is 669 g/mol. The molecule has 13 nitrogen and oxygen atoms in total. The summed E-state index contributed by atoms with van der Waals surface area (Å²) in [7, 11) is 7.70. The third kappa shape index (κ3) is 7.68. The van der Waals surface area contributed by atoms with Gasteiger partial charge in [-0.05, 0) is 70.5 Å². The van der Waals surface area contributed by atoms with E-state index >= 15 is 0 Å². The van der Waals surface area contributed by atoms with Gasteiger partial charge in [-0.1, -0.05) is 0 Å². The Morgan fingerprint density at radius 1 is 0.826 bits per heavy atom. The van der Waals surface area contributed by atoms with Gasteiger partial charge in [-0.2, -0.15) is 20.7 Å². The molecule has 0 atom stereocenters. The van der Waals surface area contributed by atoms with Crippen LogP contribution in [0.25, 0.3) is 11.0 Å². The SMILES string of the molecule is CN(C(=O)c1ccc(C#N)cn1)c1ccn2ncc(Br)c2c1.CN(C(=O)c1ccc(C#N)cn1)c1ccn2nccc2c1.[B]=NS. The van der Waals surface area contributed by atoms with Crippen LogP contribution < -0.4 is 9.80 Å². The van der Waals surface area contributed by atoms with Crippen molar-refractivity contribution in [2.24, 2.45) is 4.30 Å². The predicted octanol–water partition coefficient (Wildman–Crippen LogP) is 4.70. The molecule has 46 heavy (non-hydrogen) atoms. The summed E-state index contributed by atoms with van der Waals surface area (Å²) in [5, 5.41) is 25.8. The third-order valence-electron chi connectivity index (χ3n) is 6.45. The normalized spacial score (nSPS) is 9.93. The Kier molecular flexibility index (Phi) is 11.1. The number of hydrogen-bond acceptors (Lipinski definition) is 10. The number of amides is 2. The first-order valence-electron chi connectivity index (χ1n) is 13.1. The molecule has 2 amide bonds. The van der Waals surface area contributed by atoms with Crippen LogP contribution in [0.3, 0.4) is 0 Å². The van der Waals surface area contributed by atoms with Crippen molar-refractivity contribution in [2.45, 2.75) is 0 Å². The van der Waals surface area contributed by atoms with Crippen LogP contribution in [-0.4, -0.2) is 62.7 Å². The first kappa shape index (κ1) is 33.2. The first-order chi connectivity index (χ1) is 22.2. The van der Waals surface area contributed by atoms with Gasteiger partial charge in [0.1, 0.15) is 23.5 Å². The molecule has 6 heterocycles. The van der Waals surface area contributed by atoms with Crippen molar-refractivity contribution in [1.82, 2.24) is 29.2 Å². The maximum atomic E-state index is 12.5. The number of hydrogen-bond donors (Lipinski definition) is 1. The number of pyridine rings is 4. The minimum atomic E-state index is -0.246. The Hall–Kier alpha value is -5.71. The molecule has 0 unspecified atom stereocenters. The standard InChI is InChI=1S/C15H10BrN5O.C15H11N5O.BHNS/c1-20(15(22)13-3-2-10(7-17)8-18-13)11-4-5-21-14(6-11)12(16)9-19-21;1-19(12-5-7-20-13(8-12)4-6-18-20)15(21)14-3-2-11(9-16)10-17-14;1-2-3/h2-6,8-9H,1H3;2-8,10H,1H3;3H. The van der Waals surface area contributed by atoms with Gasteiger partial charge >= 0.3 is 24.8 Å². The number of halogens is 1. The number of fused-ring (bicyclic) bond motifs is 2. The van der Waals surface area contributed by atoms with Crippen molar-refractivity contribution in [1.29, 1.82) is 10.5 Å². The molecule has 0 spiro atoms. The molecule has 0 saturated heterocycles.